The quantitative estimate of drug-likeness (QED) is 0.675. The van der Waals surface area contributed by atoms with Gasteiger partial charge in [0.2, 0.25) is 5.95 Å². The summed E-state index contributed by atoms with van der Waals surface area (Å²) in [6.07, 6.45) is 4.93. The number of H-pyrrole nitrogens is 1. The Bertz CT molecular complexity index is 600. The van der Waals surface area contributed by atoms with Gasteiger partial charge < -0.3 is 15.0 Å². The Kier molecular flexibility index (Phi) is 5.98. The summed E-state index contributed by atoms with van der Waals surface area (Å²) in [5, 5.41) is 9.94. The molecule has 0 saturated heterocycles. The number of aromatic nitrogens is 5. The first-order chi connectivity index (χ1) is 11.1. The highest BCUT2D eigenvalue weighted by Crippen LogP contribution is 2.08. The molecule has 0 aliphatic carbocycles. The Hall–Kier alpha value is -2.55. The number of anilines is 1. The van der Waals surface area contributed by atoms with E-state index in [9.17, 15) is 4.79 Å². The highest BCUT2D eigenvalue weighted by atomic mass is 16.5. The molecule has 0 aliphatic heterocycles. The molecule has 0 aliphatic rings. The van der Waals surface area contributed by atoms with E-state index < -0.39 is 0 Å². The lowest BCUT2D eigenvalue weighted by Gasteiger charge is -2.16. The van der Waals surface area contributed by atoms with Crippen LogP contribution in [0.25, 0.3) is 0 Å². The summed E-state index contributed by atoms with van der Waals surface area (Å²) in [5.41, 5.74) is 0.935. The number of rotatable bonds is 8. The molecule has 1 atom stereocenters. The Balaban J connectivity index is 1.85. The lowest BCUT2D eigenvalue weighted by atomic mass is 10.3. The van der Waals surface area contributed by atoms with Crippen LogP contribution in [0.1, 0.15) is 31.3 Å². The molecule has 2 rings (SSSR count). The number of esters is 1. The van der Waals surface area contributed by atoms with E-state index in [1.165, 1.54) is 6.33 Å². The minimum absolute atomic E-state index is 0.0451. The third-order valence-electron chi connectivity index (χ3n) is 3.16. The molecule has 0 fully saturated rings. The van der Waals surface area contributed by atoms with E-state index >= 15 is 0 Å². The summed E-state index contributed by atoms with van der Waals surface area (Å²) in [5.74, 6) is 0.951. The molecule has 9 nitrogen and oxygen atoms in total. The smallest absolute Gasteiger partial charge is 0.325 e. The van der Waals surface area contributed by atoms with E-state index in [1.54, 1.807) is 31.3 Å². The average Bonchev–Trinajstić information content (AvgIpc) is 3.07. The Morgan fingerprint density at radius 3 is 2.74 bits per heavy atom. The molecule has 1 unspecified atom stereocenters. The van der Waals surface area contributed by atoms with Crippen LogP contribution in [0.2, 0.25) is 0 Å². The Morgan fingerprint density at radius 1 is 1.39 bits per heavy atom. The van der Waals surface area contributed by atoms with Crippen molar-refractivity contribution in [1.82, 2.24) is 30.5 Å². The van der Waals surface area contributed by atoms with E-state index in [4.69, 9.17) is 4.74 Å². The molecule has 23 heavy (non-hydrogen) atoms. The predicted octanol–water partition coefficient (Wildman–Crippen LogP) is 0.445. The van der Waals surface area contributed by atoms with E-state index in [-0.39, 0.29) is 18.6 Å². The molecule has 9 heteroatoms. The fourth-order valence-electron chi connectivity index (χ4n) is 1.90. The Labute approximate surface area is 134 Å². The van der Waals surface area contributed by atoms with Gasteiger partial charge in [-0.25, -0.2) is 15.0 Å². The number of aromatic amines is 1. The third-order valence-corrected chi connectivity index (χ3v) is 3.16. The number of ether oxygens (including phenoxy) is 1. The van der Waals surface area contributed by atoms with Gasteiger partial charge in [-0.05, 0) is 13.8 Å². The molecule has 0 bridgehead atoms. The summed E-state index contributed by atoms with van der Waals surface area (Å²) >= 11 is 0. The van der Waals surface area contributed by atoms with Crippen molar-refractivity contribution >= 4 is 11.9 Å². The molecular weight excluding hydrogens is 298 g/mol. The standard InChI is InChI=1S/C14H21N7O2/c1-4-23-12(22)8-21(3)14-16-6-11(7-17-14)5-15-10(2)13-18-9-19-20-13/h6-7,9-10,15H,4-5,8H2,1-3H3,(H,18,19,20). The van der Waals surface area contributed by atoms with Crippen LogP contribution in [0.15, 0.2) is 18.7 Å². The molecule has 0 spiro atoms. The van der Waals surface area contributed by atoms with Gasteiger partial charge in [-0.15, -0.1) is 0 Å². The summed E-state index contributed by atoms with van der Waals surface area (Å²) < 4.78 is 4.90. The second-order valence-corrected chi connectivity index (χ2v) is 5.03. The van der Waals surface area contributed by atoms with Crippen molar-refractivity contribution in [3.63, 3.8) is 0 Å². The lowest BCUT2D eigenvalue weighted by molar-refractivity contribution is -0.141. The van der Waals surface area contributed by atoms with Crippen molar-refractivity contribution in [3.05, 3.63) is 30.1 Å². The van der Waals surface area contributed by atoms with Gasteiger partial charge in [0.1, 0.15) is 18.7 Å². The highest BCUT2D eigenvalue weighted by Gasteiger charge is 2.11. The van der Waals surface area contributed by atoms with Crippen LogP contribution < -0.4 is 10.2 Å². The van der Waals surface area contributed by atoms with Gasteiger partial charge in [0, 0.05) is 31.5 Å². The lowest BCUT2D eigenvalue weighted by Crippen LogP contribution is -2.28. The maximum Gasteiger partial charge on any atom is 0.325 e. The molecule has 0 amide bonds. The van der Waals surface area contributed by atoms with Crippen molar-refractivity contribution in [3.8, 4) is 0 Å². The van der Waals surface area contributed by atoms with Gasteiger partial charge in [-0.2, -0.15) is 5.10 Å². The van der Waals surface area contributed by atoms with Crippen molar-refractivity contribution in [1.29, 1.82) is 0 Å². The van der Waals surface area contributed by atoms with Crippen LogP contribution >= 0.6 is 0 Å². The second-order valence-electron chi connectivity index (χ2n) is 5.03. The van der Waals surface area contributed by atoms with Gasteiger partial charge in [-0.3, -0.25) is 9.89 Å². The topological polar surface area (TPSA) is 109 Å². The van der Waals surface area contributed by atoms with Crippen LogP contribution in [-0.2, 0) is 16.1 Å². The van der Waals surface area contributed by atoms with Crippen LogP contribution in [-0.4, -0.2) is 51.3 Å². The van der Waals surface area contributed by atoms with Gasteiger partial charge in [0.25, 0.3) is 0 Å². The van der Waals surface area contributed by atoms with Gasteiger partial charge in [0.05, 0.1) is 12.6 Å². The minimum Gasteiger partial charge on any atom is -0.465 e. The fraction of sp³-hybridized carbons (Fsp3) is 0.500. The molecule has 2 aromatic heterocycles. The van der Waals surface area contributed by atoms with Crippen LogP contribution in [0.3, 0.4) is 0 Å². The molecule has 2 aromatic rings. The minimum atomic E-state index is -0.301. The van der Waals surface area contributed by atoms with Gasteiger partial charge in [-0.1, -0.05) is 0 Å². The number of likely N-dealkylation sites (N-methyl/N-ethyl adjacent to an activating group) is 1. The van der Waals surface area contributed by atoms with Crippen molar-refractivity contribution in [2.24, 2.45) is 0 Å². The van der Waals surface area contributed by atoms with E-state index in [2.05, 4.69) is 30.5 Å². The van der Waals surface area contributed by atoms with Gasteiger partial charge in [0.15, 0.2) is 0 Å². The molecular formula is C14H21N7O2. The second kappa shape index (κ2) is 8.18. The first-order valence-corrected chi connectivity index (χ1v) is 7.36. The summed E-state index contributed by atoms with van der Waals surface area (Å²) in [4.78, 5) is 25.7. The van der Waals surface area contributed by atoms with Crippen LogP contribution in [0, 0.1) is 0 Å². The zero-order chi connectivity index (χ0) is 16.7. The maximum atomic E-state index is 11.4. The zero-order valence-electron chi connectivity index (χ0n) is 13.5. The van der Waals surface area contributed by atoms with Crippen LogP contribution in [0.5, 0.6) is 0 Å². The van der Waals surface area contributed by atoms with Crippen molar-refractivity contribution in [2.45, 2.75) is 26.4 Å². The summed E-state index contributed by atoms with van der Waals surface area (Å²) in [7, 11) is 1.75. The summed E-state index contributed by atoms with van der Waals surface area (Å²) in [6.45, 7) is 4.85. The number of carbonyl (C=O) groups excluding carboxylic acids is 1. The predicted molar refractivity (Wildman–Crippen MR) is 83.6 cm³/mol. The van der Waals surface area contributed by atoms with E-state index in [0.717, 1.165) is 11.4 Å². The van der Waals surface area contributed by atoms with Crippen molar-refractivity contribution < 1.29 is 9.53 Å². The fourth-order valence-corrected chi connectivity index (χ4v) is 1.90. The van der Waals surface area contributed by atoms with E-state index in [1.807, 2.05) is 6.92 Å². The maximum absolute atomic E-state index is 11.4. The van der Waals surface area contributed by atoms with Gasteiger partial charge >= 0.3 is 5.97 Å². The normalized spacial score (nSPS) is 12.0. The Morgan fingerprint density at radius 2 is 2.13 bits per heavy atom. The van der Waals surface area contributed by atoms with Crippen molar-refractivity contribution in [2.75, 3.05) is 25.1 Å². The zero-order valence-corrected chi connectivity index (χ0v) is 13.5. The first kappa shape index (κ1) is 16.8. The van der Waals surface area contributed by atoms with Crippen LogP contribution in [0.4, 0.5) is 5.95 Å². The molecule has 2 N–H and O–H groups in total. The highest BCUT2D eigenvalue weighted by molar-refractivity contribution is 5.74. The third kappa shape index (κ3) is 4.99. The number of hydrogen-bond acceptors (Lipinski definition) is 8. The molecule has 0 saturated carbocycles. The monoisotopic (exact) mass is 319 g/mol. The number of nitrogens with zero attached hydrogens (tertiary/aromatic N) is 5. The molecule has 2 heterocycles. The largest absolute Gasteiger partial charge is 0.465 e. The average molecular weight is 319 g/mol. The number of nitrogens with one attached hydrogen (secondary N) is 2. The SMILES string of the molecule is CCOC(=O)CN(C)c1ncc(CNC(C)c2ncn[nH]2)cn1. The summed E-state index contributed by atoms with van der Waals surface area (Å²) in [6, 6.07) is 0.0451. The molecule has 124 valence electrons. The first-order valence-electron chi connectivity index (χ1n) is 7.36. The number of hydrogen-bond donors (Lipinski definition) is 2. The molecule has 0 aromatic carbocycles. The molecule has 0 radical (unpaired) electrons. The number of carbonyl (C=O) groups is 1. The van der Waals surface area contributed by atoms with E-state index in [0.29, 0.717) is 19.1 Å².